The molecule has 1 aromatic rings. The summed E-state index contributed by atoms with van der Waals surface area (Å²) in [6.07, 6.45) is 1.06. The third-order valence-electron chi connectivity index (χ3n) is 3.25. The highest BCUT2D eigenvalue weighted by molar-refractivity contribution is 5.42. The van der Waals surface area contributed by atoms with Gasteiger partial charge in [-0.15, -0.1) is 0 Å². The molecule has 0 radical (unpaired) electrons. The molecule has 0 amide bonds. The van der Waals surface area contributed by atoms with Crippen molar-refractivity contribution in [3.63, 3.8) is 0 Å². The summed E-state index contributed by atoms with van der Waals surface area (Å²) >= 11 is 0. The molecule has 0 N–H and O–H groups in total. The molecule has 0 bridgehead atoms. The highest BCUT2D eigenvalue weighted by Crippen LogP contribution is 2.45. The van der Waals surface area contributed by atoms with Gasteiger partial charge in [-0.1, -0.05) is 38.1 Å². The third-order valence-corrected chi connectivity index (χ3v) is 3.25. The van der Waals surface area contributed by atoms with Crippen LogP contribution in [0.4, 0.5) is 0 Å². The molecular weight excluding hydrogens is 188 g/mol. The lowest BCUT2D eigenvalue weighted by Crippen LogP contribution is -2.13. The molecule has 0 aromatic heterocycles. The Balaban J connectivity index is 2.30. The van der Waals surface area contributed by atoms with E-state index in [0.717, 1.165) is 6.42 Å². The molecular formula is C13H16O2. The summed E-state index contributed by atoms with van der Waals surface area (Å²) in [7, 11) is 0. The van der Waals surface area contributed by atoms with E-state index in [4.69, 9.17) is 4.74 Å². The molecule has 0 saturated heterocycles. The van der Waals surface area contributed by atoms with Gasteiger partial charge in [0.2, 0.25) is 0 Å². The smallest absolute Gasteiger partial charge is 0.293 e. The first-order chi connectivity index (χ1) is 7.15. The summed E-state index contributed by atoms with van der Waals surface area (Å²) in [5.74, 6) is 0.362. The van der Waals surface area contributed by atoms with Crippen LogP contribution in [0.25, 0.3) is 0 Å². The van der Waals surface area contributed by atoms with Crippen LogP contribution >= 0.6 is 0 Å². The average molecular weight is 204 g/mol. The topological polar surface area (TPSA) is 26.3 Å². The highest BCUT2D eigenvalue weighted by atomic mass is 16.5. The summed E-state index contributed by atoms with van der Waals surface area (Å²) in [5, 5.41) is 0. The van der Waals surface area contributed by atoms with Crippen molar-refractivity contribution in [2.45, 2.75) is 31.6 Å². The van der Waals surface area contributed by atoms with E-state index in [1.807, 2.05) is 6.07 Å². The average Bonchev–Trinajstić information content (AvgIpc) is 2.49. The van der Waals surface area contributed by atoms with Crippen molar-refractivity contribution in [2.24, 2.45) is 0 Å². The van der Waals surface area contributed by atoms with Crippen molar-refractivity contribution in [3.05, 3.63) is 35.4 Å². The molecule has 1 unspecified atom stereocenters. The lowest BCUT2D eigenvalue weighted by molar-refractivity contribution is -0.129. The fourth-order valence-electron chi connectivity index (χ4n) is 2.61. The van der Waals surface area contributed by atoms with Gasteiger partial charge in [-0.05, 0) is 23.0 Å². The normalized spacial score (nSPS) is 22.1. The molecule has 1 aromatic carbocycles. The molecule has 1 atom stereocenters. The number of rotatable bonds is 3. The van der Waals surface area contributed by atoms with Gasteiger partial charge in [0, 0.05) is 5.92 Å². The Hall–Kier alpha value is -1.31. The Kier molecular flexibility index (Phi) is 2.51. The van der Waals surface area contributed by atoms with Crippen molar-refractivity contribution < 1.29 is 9.53 Å². The van der Waals surface area contributed by atoms with Gasteiger partial charge in [0.05, 0.1) is 6.61 Å². The molecule has 0 aliphatic heterocycles. The van der Waals surface area contributed by atoms with Gasteiger partial charge in [-0.25, -0.2) is 0 Å². The minimum Gasteiger partial charge on any atom is -0.467 e. The Morgan fingerprint density at radius 2 is 2.20 bits per heavy atom. The Morgan fingerprint density at radius 1 is 1.47 bits per heavy atom. The van der Waals surface area contributed by atoms with Crippen molar-refractivity contribution in [1.82, 2.24) is 0 Å². The summed E-state index contributed by atoms with van der Waals surface area (Å²) in [4.78, 5) is 10.2. The van der Waals surface area contributed by atoms with E-state index < -0.39 is 0 Å². The number of carbonyl (C=O) groups is 1. The zero-order chi connectivity index (χ0) is 10.9. The highest BCUT2D eigenvalue weighted by Gasteiger charge is 2.36. The van der Waals surface area contributed by atoms with Crippen LogP contribution in [0, 0.1) is 0 Å². The number of benzene rings is 1. The number of ether oxygens (including phenoxy) is 1. The van der Waals surface area contributed by atoms with Gasteiger partial charge in [0.1, 0.15) is 0 Å². The van der Waals surface area contributed by atoms with Crippen LogP contribution in [0.1, 0.15) is 37.3 Å². The molecule has 0 saturated carbocycles. The zero-order valence-corrected chi connectivity index (χ0v) is 9.19. The Bertz CT molecular complexity index is 369. The molecule has 0 heterocycles. The van der Waals surface area contributed by atoms with E-state index in [-0.39, 0.29) is 5.41 Å². The van der Waals surface area contributed by atoms with E-state index in [1.54, 1.807) is 0 Å². The maximum absolute atomic E-state index is 10.2. The monoisotopic (exact) mass is 204 g/mol. The van der Waals surface area contributed by atoms with Crippen LogP contribution in [0.15, 0.2) is 24.3 Å². The van der Waals surface area contributed by atoms with Crippen LogP contribution in [-0.4, -0.2) is 13.1 Å². The Morgan fingerprint density at radius 3 is 2.93 bits per heavy atom. The van der Waals surface area contributed by atoms with Crippen molar-refractivity contribution in [3.8, 4) is 0 Å². The van der Waals surface area contributed by atoms with Crippen LogP contribution in [0.2, 0.25) is 0 Å². The van der Waals surface area contributed by atoms with Crippen LogP contribution in [-0.2, 0) is 14.9 Å². The first kappa shape index (κ1) is 10.2. The summed E-state index contributed by atoms with van der Waals surface area (Å²) in [6.45, 7) is 5.53. The first-order valence-corrected chi connectivity index (χ1v) is 5.30. The standard InChI is InChI=1S/C13H16O2/c1-13(2)7-10(8-15-9-14)11-5-3-4-6-12(11)13/h3-6,9-10H,7-8H2,1-2H3. The quantitative estimate of drug-likeness (QED) is 0.707. The predicted molar refractivity (Wildman–Crippen MR) is 58.8 cm³/mol. The molecule has 2 rings (SSSR count). The van der Waals surface area contributed by atoms with E-state index >= 15 is 0 Å². The van der Waals surface area contributed by atoms with Gasteiger partial charge in [0.25, 0.3) is 6.47 Å². The summed E-state index contributed by atoms with van der Waals surface area (Å²) < 4.78 is 4.89. The van der Waals surface area contributed by atoms with E-state index in [0.29, 0.717) is 19.0 Å². The lowest BCUT2D eigenvalue weighted by atomic mass is 9.86. The van der Waals surface area contributed by atoms with Gasteiger partial charge < -0.3 is 4.74 Å². The fraction of sp³-hybridized carbons (Fsp3) is 0.462. The SMILES string of the molecule is CC1(C)CC(COC=O)c2ccccc21. The molecule has 0 spiro atoms. The van der Waals surface area contributed by atoms with Crippen LogP contribution < -0.4 is 0 Å². The second kappa shape index (κ2) is 3.69. The van der Waals surface area contributed by atoms with Crippen molar-refractivity contribution in [2.75, 3.05) is 6.61 Å². The van der Waals surface area contributed by atoms with Crippen molar-refractivity contribution in [1.29, 1.82) is 0 Å². The number of hydrogen-bond donors (Lipinski definition) is 0. The third kappa shape index (κ3) is 1.76. The predicted octanol–water partition coefficient (Wildman–Crippen LogP) is 2.62. The molecule has 15 heavy (non-hydrogen) atoms. The van der Waals surface area contributed by atoms with Crippen molar-refractivity contribution >= 4 is 6.47 Å². The van der Waals surface area contributed by atoms with Gasteiger partial charge in [-0.2, -0.15) is 0 Å². The fourth-order valence-corrected chi connectivity index (χ4v) is 2.61. The molecule has 1 aliphatic carbocycles. The minimum atomic E-state index is 0.202. The van der Waals surface area contributed by atoms with E-state index in [1.165, 1.54) is 11.1 Å². The van der Waals surface area contributed by atoms with E-state index in [9.17, 15) is 4.79 Å². The minimum absolute atomic E-state index is 0.202. The summed E-state index contributed by atoms with van der Waals surface area (Å²) in [5.41, 5.74) is 2.93. The second-order valence-electron chi connectivity index (χ2n) is 4.80. The largest absolute Gasteiger partial charge is 0.467 e. The first-order valence-electron chi connectivity index (χ1n) is 5.30. The second-order valence-corrected chi connectivity index (χ2v) is 4.80. The number of hydrogen-bond acceptors (Lipinski definition) is 2. The maximum atomic E-state index is 10.2. The van der Waals surface area contributed by atoms with Crippen LogP contribution in [0.3, 0.4) is 0 Å². The number of carbonyl (C=O) groups excluding carboxylic acids is 1. The molecule has 1 aliphatic rings. The van der Waals surface area contributed by atoms with E-state index in [2.05, 4.69) is 32.0 Å². The van der Waals surface area contributed by atoms with Gasteiger partial charge in [0.15, 0.2) is 0 Å². The van der Waals surface area contributed by atoms with Gasteiger partial charge in [-0.3, -0.25) is 4.79 Å². The molecule has 80 valence electrons. The Labute approximate surface area is 90.3 Å². The molecule has 0 fully saturated rings. The maximum Gasteiger partial charge on any atom is 0.293 e. The zero-order valence-electron chi connectivity index (χ0n) is 9.19. The molecule has 2 heteroatoms. The summed E-state index contributed by atoms with van der Waals surface area (Å²) in [6, 6.07) is 8.44. The van der Waals surface area contributed by atoms with Gasteiger partial charge >= 0.3 is 0 Å². The van der Waals surface area contributed by atoms with Crippen LogP contribution in [0.5, 0.6) is 0 Å². The number of fused-ring (bicyclic) bond motifs is 1. The lowest BCUT2D eigenvalue weighted by Gasteiger charge is -2.18. The molecule has 2 nitrogen and oxygen atoms in total.